The number of benzene rings is 1. The van der Waals surface area contributed by atoms with Crippen molar-refractivity contribution in [3.8, 4) is 11.4 Å². The van der Waals surface area contributed by atoms with Gasteiger partial charge in [-0.1, -0.05) is 64.1 Å². The lowest BCUT2D eigenvalue weighted by Gasteiger charge is -2.48. The summed E-state index contributed by atoms with van der Waals surface area (Å²) in [5.41, 5.74) is -1.52. The molecule has 5 rings (SSSR count). The molecule has 370 valence electrons. The van der Waals surface area contributed by atoms with Crippen LogP contribution in [0.5, 0.6) is 0 Å². The molecule has 0 radical (unpaired) electrons. The topological polar surface area (TPSA) is 217 Å². The summed E-state index contributed by atoms with van der Waals surface area (Å²) < 4.78 is 38.0. The zero-order chi connectivity index (χ0) is 49.4. The van der Waals surface area contributed by atoms with E-state index in [1.807, 2.05) is 56.3 Å². The molecule has 1 aromatic carbocycles. The first-order valence-electron chi connectivity index (χ1n) is 23.5. The molecular formula is C49H72N6O12. The molecule has 18 nitrogen and oxygen atoms in total. The third-order valence-corrected chi connectivity index (χ3v) is 13.6. The monoisotopic (exact) mass is 937 g/mol. The number of hydrogen-bond donors (Lipinski definition) is 3. The number of fused-ring (bicyclic) bond motifs is 1. The summed E-state index contributed by atoms with van der Waals surface area (Å²) in [7, 11) is 3.68. The maximum Gasteiger partial charge on any atom is 0.410 e. The maximum atomic E-state index is 14.7. The van der Waals surface area contributed by atoms with Crippen molar-refractivity contribution in [3.05, 3.63) is 54.4 Å². The molecule has 3 amide bonds. The number of nitrogens with zero attached hydrogens (tertiary/aromatic N) is 4. The minimum Gasteiger partial charge on any atom is -0.458 e. The highest BCUT2D eigenvalue weighted by Gasteiger charge is 2.58. The van der Waals surface area contributed by atoms with Crippen LogP contribution >= 0.6 is 0 Å². The van der Waals surface area contributed by atoms with E-state index in [0.29, 0.717) is 25.3 Å². The molecule has 3 saturated heterocycles. The predicted octanol–water partition coefficient (Wildman–Crippen LogP) is 6.01. The SMILES string of the molecule is CC[C@H]1OC(=O)[C@H](C)[C@@H](OC(=O)N(CC)CC)[C@H](C)[C@@H](O[C@@H]2O[C@H](C)C[C@H](N(C)C)[C@H]2O)[C@](C)(OC(=O)NC/C=C/c2ccc(-c3ncccn3)cc2)C[C@@H](C)C(=O)[C@H](C)[C@H]2NC(=O)O[C@@]21C. The van der Waals surface area contributed by atoms with E-state index in [4.69, 9.17) is 28.4 Å². The van der Waals surface area contributed by atoms with Crippen LogP contribution in [-0.2, 0) is 38.0 Å². The number of carbonyl (C=O) groups is 5. The van der Waals surface area contributed by atoms with Crippen molar-refractivity contribution in [3.63, 3.8) is 0 Å². The number of hydrogen-bond acceptors (Lipinski definition) is 15. The molecule has 3 aliphatic heterocycles. The lowest BCUT2D eigenvalue weighted by Crippen LogP contribution is -2.61. The number of esters is 1. The van der Waals surface area contributed by atoms with Gasteiger partial charge in [0.15, 0.2) is 17.7 Å². The number of likely N-dealkylation sites (N-methyl/N-ethyl adjacent to an activating group) is 1. The predicted molar refractivity (Wildman–Crippen MR) is 248 cm³/mol. The number of rotatable bonds is 12. The highest BCUT2D eigenvalue weighted by Crippen LogP contribution is 2.42. The summed E-state index contributed by atoms with van der Waals surface area (Å²) in [5.74, 6) is -4.39. The van der Waals surface area contributed by atoms with E-state index < -0.39 is 102 Å². The van der Waals surface area contributed by atoms with Crippen molar-refractivity contribution >= 4 is 36.1 Å². The van der Waals surface area contributed by atoms with Crippen LogP contribution in [0.1, 0.15) is 94.1 Å². The summed E-state index contributed by atoms with van der Waals surface area (Å²) in [6.45, 7) is 17.8. The number of Topliss-reactive ketones (excluding diaryl/α,β-unsaturated/α-hetero) is 1. The molecule has 18 heteroatoms. The summed E-state index contributed by atoms with van der Waals surface area (Å²) >= 11 is 0. The molecule has 0 bridgehead atoms. The van der Waals surface area contributed by atoms with Gasteiger partial charge in [0.1, 0.15) is 35.8 Å². The molecule has 67 heavy (non-hydrogen) atoms. The molecule has 2 aromatic rings. The van der Waals surface area contributed by atoms with Crippen LogP contribution in [0.3, 0.4) is 0 Å². The van der Waals surface area contributed by atoms with Gasteiger partial charge >= 0.3 is 24.2 Å². The van der Waals surface area contributed by atoms with Gasteiger partial charge in [-0.25, -0.2) is 24.4 Å². The number of amides is 3. The van der Waals surface area contributed by atoms with Crippen LogP contribution in [0.15, 0.2) is 48.8 Å². The second-order valence-electron chi connectivity index (χ2n) is 18.8. The number of ether oxygens (including phenoxy) is 6. The molecular weight excluding hydrogens is 865 g/mol. The van der Waals surface area contributed by atoms with Crippen molar-refractivity contribution in [1.29, 1.82) is 0 Å². The summed E-state index contributed by atoms with van der Waals surface area (Å²) in [6, 6.07) is 8.02. The van der Waals surface area contributed by atoms with E-state index in [0.717, 1.165) is 11.1 Å². The quantitative estimate of drug-likeness (QED) is 0.164. The zero-order valence-corrected chi connectivity index (χ0v) is 41.1. The van der Waals surface area contributed by atoms with Gasteiger partial charge in [0.2, 0.25) is 0 Å². The summed E-state index contributed by atoms with van der Waals surface area (Å²) in [4.78, 5) is 82.2. The Hall–Kier alpha value is -5.17. The Labute approximate surface area is 394 Å². The molecule has 14 atom stereocenters. The number of aromatic nitrogens is 2. The second kappa shape index (κ2) is 22.8. The first-order chi connectivity index (χ1) is 31.7. The summed E-state index contributed by atoms with van der Waals surface area (Å²) in [5, 5.41) is 17.4. The minimum atomic E-state index is -1.76. The average molecular weight is 937 g/mol. The molecule has 3 fully saturated rings. The molecule has 0 spiro atoms. The number of carbonyl (C=O) groups excluding carboxylic acids is 5. The van der Waals surface area contributed by atoms with E-state index in [9.17, 15) is 29.1 Å². The third kappa shape index (κ3) is 12.3. The highest BCUT2D eigenvalue weighted by molar-refractivity contribution is 5.85. The minimum absolute atomic E-state index is 0.0447. The largest absolute Gasteiger partial charge is 0.458 e. The van der Waals surface area contributed by atoms with Gasteiger partial charge in [0.25, 0.3) is 0 Å². The first kappa shape index (κ1) is 52.8. The van der Waals surface area contributed by atoms with Crippen molar-refractivity contribution in [2.75, 3.05) is 33.7 Å². The van der Waals surface area contributed by atoms with Gasteiger partial charge in [-0.15, -0.1) is 0 Å². The van der Waals surface area contributed by atoms with E-state index in [1.54, 1.807) is 86.8 Å². The normalized spacial score (nSPS) is 34.0. The Morgan fingerprint density at radius 1 is 0.985 bits per heavy atom. The Morgan fingerprint density at radius 3 is 2.25 bits per heavy atom. The van der Waals surface area contributed by atoms with Crippen LogP contribution in [0, 0.1) is 23.7 Å². The van der Waals surface area contributed by atoms with Gasteiger partial charge in [0, 0.05) is 61.4 Å². The molecule has 0 unspecified atom stereocenters. The summed E-state index contributed by atoms with van der Waals surface area (Å²) in [6.07, 6.45) is -1.35. The number of ketones is 1. The van der Waals surface area contributed by atoms with Crippen LogP contribution in [-0.4, -0.2) is 149 Å². The number of nitrogens with one attached hydrogen (secondary N) is 2. The van der Waals surface area contributed by atoms with Gasteiger partial charge < -0.3 is 54.0 Å². The Balaban J connectivity index is 1.58. The highest BCUT2D eigenvalue weighted by atomic mass is 16.7. The molecule has 3 aliphatic rings. The van der Waals surface area contributed by atoms with E-state index in [2.05, 4.69) is 20.6 Å². The lowest BCUT2D eigenvalue weighted by atomic mass is 9.73. The maximum absolute atomic E-state index is 14.7. The second-order valence-corrected chi connectivity index (χ2v) is 18.8. The Morgan fingerprint density at radius 2 is 1.64 bits per heavy atom. The molecule has 4 heterocycles. The van der Waals surface area contributed by atoms with Gasteiger partial charge in [0.05, 0.1) is 18.1 Å². The molecule has 3 N–H and O–H groups in total. The molecule has 1 aromatic heterocycles. The van der Waals surface area contributed by atoms with E-state index in [-0.39, 0.29) is 31.3 Å². The standard InChI is InChI=1S/C49H72N6O12/c1-13-36-49(10)40(53-46(60)67-49)30(6)37(56)28(4)27-48(9,66-45(59)52-23-16-18-33-19-21-34(22-20-33)42-50-24-17-25-51-42)41(65-44-38(57)35(54(11)12)26-29(5)62-44)31(7)39(32(8)43(58)63-36)64-47(61)55(14-2)15-3/h16-22,24-25,28-32,35-36,38-41,44,57H,13-15,23,26-27H2,1-12H3,(H,52,59)(H,53,60)/b18-16+/t28-,29-,30+,31+,32-,35+,36-,38-,39+,40-,41-,44+,48-,49-/m1/s1. The van der Waals surface area contributed by atoms with Gasteiger partial charge in [-0.3, -0.25) is 9.59 Å². The zero-order valence-electron chi connectivity index (χ0n) is 41.1. The molecule has 0 saturated carbocycles. The number of cyclic esters (lactones) is 1. The van der Waals surface area contributed by atoms with Crippen molar-refractivity contribution < 1.29 is 57.5 Å². The number of aliphatic hydroxyl groups excluding tert-OH is 1. The fourth-order valence-corrected chi connectivity index (χ4v) is 9.88. The Bertz CT molecular complexity index is 2040. The fraction of sp³-hybridized carbons (Fsp3) is 0.653. The van der Waals surface area contributed by atoms with Gasteiger partial charge in [-0.2, -0.15) is 0 Å². The third-order valence-electron chi connectivity index (χ3n) is 13.6. The number of aliphatic hydroxyl groups is 1. The van der Waals surface area contributed by atoms with Crippen LogP contribution in [0.4, 0.5) is 14.4 Å². The van der Waals surface area contributed by atoms with Crippen LogP contribution < -0.4 is 10.6 Å². The van der Waals surface area contributed by atoms with Gasteiger partial charge in [-0.05, 0) is 86.5 Å². The molecule has 0 aliphatic carbocycles. The number of alkyl carbamates (subject to hydrolysis) is 2. The van der Waals surface area contributed by atoms with Crippen LogP contribution in [0.25, 0.3) is 17.5 Å². The smallest absolute Gasteiger partial charge is 0.410 e. The van der Waals surface area contributed by atoms with Crippen molar-refractivity contribution in [1.82, 2.24) is 30.4 Å². The van der Waals surface area contributed by atoms with Crippen LogP contribution in [0.2, 0.25) is 0 Å². The lowest BCUT2D eigenvalue weighted by molar-refractivity contribution is -0.298. The van der Waals surface area contributed by atoms with E-state index >= 15 is 0 Å². The first-order valence-corrected chi connectivity index (χ1v) is 23.5. The van der Waals surface area contributed by atoms with Crippen molar-refractivity contribution in [2.45, 2.75) is 149 Å². The van der Waals surface area contributed by atoms with Crippen molar-refractivity contribution in [2.24, 2.45) is 23.7 Å². The average Bonchev–Trinajstić information content (AvgIpc) is 3.61. The Kier molecular flexibility index (Phi) is 17.9. The fourth-order valence-electron chi connectivity index (χ4n) is 9.88. The van der Waals surface area contributed by atoms with E-state index in [1.165, 1.54) is 4.90 Å².